The highest BCUT2D eigenvalue weighted by molar-refractivity contribution is 7.93. The number of anilines is 1. The van der Waals surface area contributed by atoms with Crippen LogP contribution in [0.4, 0.5) is 5.13 Å². The van der Waals surface area contributed by atoms with E-state index in [0.29, 0.717) is 5.75 Å². The van der Waals surface area contributed by atoms with Crippen LogP contribution in [-0.2, 0) is 23.5 Å². The summed E-state index contributed by atoms with van der Waals surface area (Å²) < 4.78 is 35.5. The van der Waals surface area contributed by atoms with Crippen LogP contribution in [0, 0.1) is 11.3 Å². The summed E-state index contributed by atoms with van der Waals surface area (Å²) in [7, 11) is -2.04. The molecule has 0 aliphatic rings. The summed E-state index contributed by atoms with van der Waals surface area (Å²) in [4.78, 5) is 3.88. The Morgan fingerprint density at radius 3 is 2.62 bits per heavy atom. The predicted molar refractivity (Wildman–Crippen MR) is 122 cm³/mol. The highest BCUT2D eigenvalue weighted by Gasteiger charge is 2.19. The summed E-state index contributed by atoms with van der Waals surface area (Å²) in [6, 6.07) is 13.9. The van der Waals surface area contributed by atoms with Gasteiger partial charge < -0.3 is 4.74 Å². The summed E-state index contributed by atoms with van der Waals surface area (Å²) in [5.41, 5.74) is 2.92. The molecule has 4 aromatic rings. The fourth-order valence-electron chi connectivity index (χ4n) is 3.14. The number of sulfonamides is 1. The summed E-state index contributed by atoms with van der Waals surface area (Å²) >= 11 is 1.17. The van der Waals surface area contributed by atoms with Crippen molar-refractivity contribution in [3.05, 3.63) is 71.4 Å². The average molecular weight is 466 g/mol. The lowest BCUT2D eigenvalue weighted by Gasteiger charge is -2.14. The third-order valence-corrected chi connectivity index (χ3v) is 6.96. The van der Waals surface area contributed by atoms with Gasteiger partial charge in [0, 0.05) is 30.4 Å². The van der Waals surface area contributed by atoms with E-state index in [1.54, 1.807) is 16.3 Å². The number of rotatable bonds is 7. The minimum atomic E-state index is -3.88. The van der Waals surface area contributed by atoms with Crippen molar-refractivity contribution in [2.45, 2.75) is 18.2 Å². The molecular formula is C22H19N5O3S2. The number of aryl methyl sites for hydroxylation is 2. The second kappa shape index (κ2) is 8.82. The van der Waals surface area contributed by atoms with Crippen molar-refractivity contribution < 1.29 is 13.2 Å². The minimum absolute atomic E-state index is 0.0511. The smallest absolute Gasteiger partial charge is 0.263 e. The molecule has 0 aliphatic heterocycles. The van der Waals surface area contributed by atoms with E-state index in [4.69, 9.17) is 4.74 Å². The maximum atomic E-state index is 12.7. The van der Waals surface area contributed by atoms with Crippen LogP contribution in [0.25, 0.3) is 11.3 Å². The van der Waals surface area contributed by atoms with Crippen molar-refractivity contribution in [3.63, 3.8) is 0 Å². The number of nitrogens with zero attached hydrogens (tertiary/aromatic N) is 4. The largest absolute Gasteiger partial charge is 0.455 e. The number of hydrogen-bond acceptors (Lipinski definition) is 7. The topological polar surface area (TPSA) is 110 Å². The Labute approximate surface area is 189 Å². The fraction of sp³-hybridized carbons (Fsp3) is 0.136. The molecule has 0 radical (unpaired) electrons. The van der Waals surface area contributed by atoms with Crippen LogP contribution in [0.5, 0.6) is 11.5 Å². The summed E-state index contributed by atoms with van der Waals surface area (Å²) in [5, 5.41) is 15.8. The van der Waals surface area contributed by atoms with E-state index in [1.165, 1.54) is 35.7 Å². The Morgan fingerprint density at radius 1 is 1.16 bits per heavy atom. The van der Waals surface area contributed by atoms with Crippen LogP contribution < -0.4 is 9.46 Å². The van der Waals surface area contributed by atoms with Crippen LogP contribution in [0.1, 0.15) is 18.1 Å². The molecule has 0 saturated heterocycles. The Bertz CT molecular complexity index is 1400. The molecule has 2 aromatic carbocycles. The SMILES string of the molecule is CCc1ccc(Oc2ccc(S(=O)(=O)Nc3nccs3)cc2C#N)c(-c2ccnn2C)c1. The molecule has 1 N–H and O–H groups in total. The maximum absolute atomic E-state index is 12.7. The number of nitrogens with one attached hydrogen (secondary N) is 1. The minimum Gasteiger partial charge on any atom is -0.455 e. The summed E-state index contributed by atoms with van der Waals surface area (Å²) in [6.07, 6.45) is 4.06. The summed E-state index contributed by atoms with van der Waals surface area (Å²) in [6.45, 7) is 2.07. The Morgan fingerprint density at radius 2 is 1.97 bits per heavy atom. The van der Waals surface area contributed by atoms with E-state index < -0.39 is 10.0 Å². The molecule has 0 atom stereocenters. The van der Waals surface area contributed by atoms with Crippen molar-refractivity contribution in [2.75, 3.05) is 4.72 Å². The van der Waals surface area contributed by atoms with Crippen LogP contribution in [0.15, 0.2) is 65.1 Å². The third-order valence-electron chi connectivity index (χ3n) is 4.80. The van der Waals surface area contributed by atoms with Gasteiger partial charge in [-0.05, 0) is 48.4 Å². The molecule has 4 rings (SSSR count). The van der Waals surface area contributed by atoms with E-state index in [2.05, 4.69) is 21.7 Å². The first-order valence-electron chi connectivity index (χ1n) is 9.67. The van der Waals surface area contributed by atoms with Gasteiger partial charge in [-0.2, -0.15) is 10.4 Å². The molecule has 162 valence electrons. The van der Waals surface area contributed by atoms with Crippen molar-refractivity contribution in [1.29, 1.82) is 5.26 Å². The lowest BCUT2D eigenvalue weighted by Crippen LogP contribution is -2.13. The molecule has 0 saturated carbocycles. The van der Waals surface area contributed by atoms with Gasteiger partial charge in [-0.25, -0.2) is 13.4 Å². The third kappa shape index (κ3) is 4.34. The zero-order valence-electron chi connectivity index (χ0n) is 17.3. The predicted octanol–water partition coefficient (Wildman–Crippen LogP) is 4.57. The molecule has 0 bridgehead atoms. The van der Waals surface area contributed by atoms with Gasteiger partial charge in [-0.1, -0.05) is 13.0 Å². The van der Waals surface area contributed by atoms with Gasteiger partial charge in [-0.15, -0.1) is 11.3 Å². The van der Waals surface area contributed by atoms with Crippen LogP contribution >= 0.6 is 11.3 Å². The Kier molecular flexibility index (Phi) is 5.94. The molecule has 0 fully saturated rings. The van der Waals surface area contributed by atoms with Gasteiger partial charge >= 0.3 is 0 Å². The highest BCUT2D eigenvalue weighted by atomic mass is 32.2. The lowest BCUT2D eigenvalue weighted by atomic mass is 10.0. The zero-order chi connectivity index (χ0) is 22.7. The van der Waals surface area contributed by atoms with Gasteiger partial charge in [0.15, 0.2) is 5.13 Å². The molecule has 2 heterocycles. The quantitative estimate of drug-likeness (QED) is 0.428. The zero-order valence-corrected chi connectivity index (χ0v) is 18.9. The molecule has 0 aliphatic carbocycles. The number of hydrogen-bond donors (Lipinski definition) is 1. The van der Waals surface area contributed by atoms with Crippen molar-refractivity contribution in [1.82, 2.24) is 14.8 Å². The first-order valence-corrected chi connectivity index (χ1v) is 12.0. The van der Waals surface area contributed by atoms with E-state index in [-0.39, 0.29) is 21.3 Å². The van der Waals surface area contributed by atoms with Gasteiger partial charge in [-0.3, -0.25) is 9.40 Å². The molecule has 0 spiro atoms. The Balaban J connectivity index is 1.70. The monoisotopic (exact) mass is 465 g/mol. The molecule has 10 heteroatoms. The number of ether oxygens (including phenoxy) is 1. The van der Waals surface area contributed by atoms with E-state index in [0.717, 1.165) is 23.2 Å². The van der Waals surface area contributed by atoms with E-state index >= 15 is 0 Å². The summed E-state index contributed by atoms with van der Waals surface area (Å²) in [5.74, 6) is 0.798. The standard InChI is InChI=1S/C22H19N5O3S2/c1-3-15-4-6-21(18(12-15)19-8-9-25-27(19)2)30-20-7-5-17(13-16(20)14-23)32(28,29)26-22-24-10-11-31-22/h4-13H,3H2,1-2H3,(H,24,26). The highest BCUT2D eigenvalue weighted by Crippen LogP contribution is 2.36. The van der Waals surface area contributed by atoms with Crippen LogP contribution in [0.2, 0.25) is 0 Å². The molecule has 0 amide bonds. The number of nitriles is 1. The van der Waals surface area contributed by atoms with Gasteiger partial charge in [0.25, 0.3) is 10.0 Å². The second-order valence-electron chi connectivity index (χ2n) is 6.84. The van der Waals surface area contributed by atoms with Gasteiger partial charge in [0.05, 0.1) is 16.2 Å². The maximum Gasteiger partial charge on any atom is 0.263 e. The van der Waals surface area contributed by atoms with Crippen molar-refractivity contribution in [3.8, 4) is 28.8 Å². The molecule has 8 nitrogen and oxygen atoms in total. The van der Waals surface area contributed by atoms with Crippen LogP contribution in [-0.4, -0.2) is 23.2 Å². The molecule has 2 aromatic heterocycles. The fourth-order valence-corrected chi connectivity index (χ4v) is 4.96. The average Bonchev–Trinajstić information content (AvgIpc) is 3.45. The molecule has 0 unspecified atom stereocenters. The van der Waals surface area contributed by atoms with Gasteiger partial charge in [0.2, 0.25) is 0 Å². The number of thiazole rings is 1. The lowest BCUT2D eigenvalue weighted by molar-refractivity contribution is 0.481. The normalized spacial score (nSPS) is 11.2. The van der Waals surface area contributed by atoms with Crippen molar-refractivity contribution in [2.24, 2.45) is 7.05 Å². The van der Waals surface area contributed by atoms with E-state index in [1.807, 2.05) is 37.4 Å². The molecule has 32 heavy (non-hydrogen) atoms. The molecular weight excluding hydrogens is 446 g/mol. The van der Waals surface area contributed by atoms with E-state index in [9.17, 15) is 13.7 Å². The first kappa shape index (κ1) is 21.5. The van der Waals surface area contributed by atoms with Gasteiger partial charge in [0.1, 0.15) is 17.6 Å². The number of benzene rings is 2. The van der Waals surface area contributed by atoms with Crippen LogP contribution in [0.3, 0.4) is 0 Å². The number of aromatic nitrogens is 3. The Hall–Kier alpha value is -3.68. The van der Waals surface area contributed by atoms with Crippen molar-refractivity contribution >= 4 is 26.5 Å². The second-order valence-corrected chi connectivity index (χ2v) is 9.42. The first-order chi connectivity index (χ1) is 15.4.